The number of aromatic nitrogens is 1. The molecule has 4 rings (SSSR count). The molecule has 0 fully saturated rings. The van der Waals surface area contributed by atoms with E-state index in [-0.39, 0.29) is 23.7 Å². The molecule has 10 heteroatoms. The molecule has 3 aromatic rings. The van der Waals surface area contributed by atoms with Crippen molar-refractivity contribution in [1.82, 2.24) is 4.57 Å². The molecular weight excluding hydrogens is 478 g/mol. The van der Waals surface area contributed by atoms with Crippen molar-refractivity contribution in [3.8, 4) is 11.5 Å². The molecule has 0 saturated heterocycles. The van der Waals surface area contributed by atoms with Crippen LogP contribution in [0.4, 0.5) is 8.78 Å². The first-order valence-corrected chi connectivity index (χ1v) is 11.5. The standard InChI is InChI=1S/C25H22F2N2O5S/c1-4-33-23(31)20-14(2)28-25-29(21(20)16-8-6-5-7-9-16)22(30)19(35-25)13-15-10-11-17(34-24(26)27)18(12-15)32-3/h5-13,21,24H,4H2,1-3H3/b19-13-. The van der Waals surface area contributed by atoms with Crippen molar-refractivity contribution in [3.05, 3.63) is 90.6 Å². The highest BCUT2D eigenvalue weighted by Gasteiger charge is 2.33. The third-order valence-corrected chi connectivity index (χ3v) is 6.32. The Morgan fingerprint density at radius 2 is 1.94 bits per heavy atom. The summed E-state index contributed by atoms with van der Waals surface area (Å²) in [7, 11) is 1.34. The number of thiazole rings is 1. The molecule has 0 spiro atoms. The minimum absolute atomic E-state index is 0.106. The van der Waals surface area contributed by atoms with Crippen molar-refractivity contribution in [2.24, 2.45) is 4.99 Å². The molecule has 0 aliphatic carbocycles. The van der Waals surface area contributed by atoms with E-state index in [0.29, 0.717) is 26.2 Å². The van der Waals surface area contributed by atoms with Crippen LogP contribution >= 0.6 is 11.3 Å². The summed E-state index contributed by atoms with van der Waals surface area (Å²) in [6, 6.07) is 12.9. The lowest BCUT2D eigenvalue weighted by atomic mass is 9.96. The van der Waals surface area contributed by atoms with Gasteiger partial charge in [-0.15, -0.1) is 0 Å². The Bertz CT molecular complexity index is 1460. The molecule has 1 aromatic heterocycles. The highest BCUT2D eigenvalue weighted by atomic mass is 32.1. The molecule has 1 unspecified atom stereocenters. The van der Waals surface area contributed by atoms with Crippen molar-refractivity contribution >= 4 is 23.4 Å². The van der Waals surface area contributed by atoms with Gasteiger partial charge in [0.15, 0.2) is 16.3 Å². The van der Waals surface area contributed by atoms with Crippen molar-refractivity contribution in [3.63, 3.8) is 0 Å². The van der Waals surface area contributed by atoms with E-state index in [9.17, 15) is 18.4 Å². The van der Waals surface area contributed by atoms with Crippen LogP contribution in [0.25, 0.3) is 6.08 Å². The van der Waals surface area contributed by atoms with E-state index in [2.05, 4.69) is 9.73 Å². The van der Waals surface area contributed by atoms with Crippen LogP contribution in [-0.4, -0.2) is 30.9 Å². The number of alkyl halides is 2. The summed E-state index contributed by atoms with van der Waals surface area (Å²) in [6.07, 6.45) is 1.62. The number of esters is 1. The number of nitrogens with zero attached hydrogens (tertiary/aromatic N) is 2. The summed E-state index contributed by atoms with van der Waals surface area (Å²) < 4.78 is 42.0. The second-order valence-corrected chi connectivity index (χ2v) is 8.51. The lowest BCUT2D eigenvalue weighted by Gasteiger charge is -2.24. The Labute approximate surface area is 203 Å². The molecule has 35 heavy (non-hydrogen) atoms. The second-order valence-electron chi connectivity index (χ2n) is 7.50. The predicted molar refractivity (Wildman–Crippen MR) is 126 cm³/mol. The number of halogens is 2. The van der Waals surface area contributed by atoms with Gasteiger partial charge in [-0.2, -0.15) is 8.78 Å². The van der Waals surface area contributed by atoms with Crippen LogP contribution in [0.2, 0.25) is 0 Å². The largest absolute Gasteiger partial charge is 0.493 e. The number of methoxy groups -OCH3 is 1. The van der Waals surface area contributed by atoms with E-state index < -0.39 is 18.6 Å². The van der Waals surface area contributed by atoms with Gasteiger partial charge in [0.1, 0.15) is 0 Å². The highest BCUT2D eigenvalue weighted by Crippen LogP contribution is 2.31. The SMILES string of the molecule is CCOC(=O)C1=C(C)N=c2s/c(=C\c3ccc(OC(F)F)c(OC)c3)c(=O)n2C1c1ccccc1. The maximum absolute atomic E-state index is 13.6. The fraction of sp³-hybridized carbons (Fsp3) is 0.240. The third-order valence-electron chi connectivity index (χ3n) is 5.33. The second kappa shape index (κ2) is 10.2. The average Bonchev–Trinajstić information content (AvgIpc) is 3.13. The van der Waals surface area contributed by atoms with E-state index in [1.54, 1.807) is 26.0 Å². The third kappa shape index (κ3) is 4.88. The van der Waals surface area contributed by atoms with Crippen molar-refractivity contribution in [2.75, 3.05) is 13.7 Å². The van der Waals surface area contributed by atoms with Gasteiger partial charge in [0.25, 0.3) is 5.56 Å². The summed E-state index contributed by atoms with van der Waals surface area (Å²) in [6.45, 7) is 0.626. The first-order valence-electron chi connectivity index (χ1n) is 10.7. The monoisotopic (exact) mass is 500 g/mol. The van der Waals surface area contributed by atoms with Gasteiger partial charge in [0.2, 0.25) is 0 Å². The quantitative estimate of drug-likeness (QED) is 0.465. The van der Waals surface area contributed by atoms with Crippen molar-refractivity contribution in [1.29, 1.82) is 0 Å². The Kier molecular flexibility index (Phi) is 7.11. The van der Waals surface area contributed by atoms with Crippen LogP contribution in [0, 0.1) is 0 Å². The number of allylic oxidation sites excluding steroid dienone is 1. The van der Waals surface area contributed by atoms with Gasteiger partial charge >= 0.3 is 12.6 Å². The van der Waals surface area contributed by atoms with Crippen LogP contribution in [0.5, 0.6) is 11.5 Å². The molecule has 0 amide bonds. The van der Waals surface area contributed by atoms with Gasteiger partial charge in [0.05, 0.1) is 35.6 Å². The number of hydrogen-bond acceptors (Lipinski definition) is 7. The maximum atomic E-state index is 13.6. The normalized spacial score (nSPS) is 15.6. The fourth-order valence-corrected chi connectivity index (χ4v) is 4.91. The Hall–Kier alpha value is -3.79. The van der Waals surface area contributed by atoms with E-state index >= 15 is 0 Å². The molecular formula is C25H22F2N2O5S. The summed E-state index contributed by atoms with van der Waals surface area (Å²) in [5, 5.41) is 0. The zero-order valence-corrected chi connectivity index (χ0v) is 20.0. The predicted octanol–water partition coefficient (Wildman–Crippen LogP) is 3.41. The van der Waals surface area contributed by atoms with Crippen LogP contribution < -0.4 is 24.4 Å². The molecule has 7 nitrogen and oxygen atoms in total. The molecule has 0 radical (unpaired) electrons. The smallest absolute Gasteiger partial charge is 0.387 e. The van der Waals surface area contributed by atoms with Gasteiger partial charge in [-0.25, -0.2) is 9.79 Å². The number of fused-ring (bicyclic) bond motifs is 1. The summed E-state index contributed by atoms with van der Waals surface area (Å²) in [5.41, 5.74) is 1.72. The molecule has 0 bridgehead atoms. The van der Waals surface area contributed by atoms with E-state index in [1.165, 1.54) is 23.8 Å². The number of hydrogen-bond donors (Lipinski definition) is 0. The first-order chi connectivity index (χ1) is 16.8. The average molecular weight is 501 g/mol. The van der Waals surface area contributed by atoms with Crippen molar-refractivity contribution in [2.45, 2.75) is 26.5 Å². The summed E-state index contributed by atoms with van der Waals surface area (Å²) in [5.74, 6) is -0.537. The van der Waals surface area contributed by atoms with Gasteiger partial charge in [-0.1, -0.05) is 47.7 Å². The van der Waals surface area contributed by atoms with Crippen LogP contribution in [0.15, 0.2) is 69.6 Å². The summed E-state index contributed by atoms with van der Waals surface area (Å²) >= 11 is 1.16. The molecule has 1 aliphatic heterocycles. The molecule has 2 heterocycles. The molecule has 1 aliphatic rings. The molecule has 2 aromatic carbocycles. The number of rotatable bonds is 7. The summed E-state index contributed by atoms with van der Waals surface area (Å²) in [4.78, 5) is 31.4. The van der Waals surface area contributed by atoms with Crippen molar-refractivity contribution < 1.29 is 27.8 Å². The van der Waals surface area contributed by atoms with Gasteiger partial charge in [0, 0.05) is 0 Å². The lowest BCUT2D eigenvalue weighted by Crippen LogP contribution is -2.39. The minimum atomic E-state index is -2.99. The number of benzene rings is 2. The molecule has 0 saturated carbocycles. The zero-order chi connectivity index (χ0) is 25.1. The minimum Gasteiger partial charge on any atom is -0.493 e. The van der Waals surface area contributed by atoms with Crippen LogP contribution in [-0.2, 0) is 9.53 Å². The molecule has 0 N–H and O–H groups in total. The molecule has 182 valence electrons. The highest BCUT2D eigenvalue weighted by molar-refractivity contribution is 7.07. The van der Waals surface area contributed by atoms with Gasteiger partial charge in [-0.3, -0.25) is 9.36 Å². The Balaban J connectivity index is 1.87. The fourth-order valence-electron chi connectivity index (χ4n) is 3.86. The number of carbonyl (C=O) groups excluding carboxylic acids is 1. The molecule has 1 atom stereocenters. The van der Waals surface area contributed by atoms with Crippen LogP contribution in [0.1, 0.15) is 31.0 Å². The number of ether oxygens (including phenoxy) is 3. The maximum Gasteiger partial charge on any atom is 0.387 e. The first kappa shape index (κ1) is 24.3. The Morgan fingerprint density at radius 3 is 2.60 bits per heavy atom. The van der Waals surface area contributed by atoms with Gasteiger partial charge in [-0.05, 0) is 43.2 Å². The Morgan fingerprint density at radius 1 is 1.20 bits per heavy atom. The van der Waals surface area contributed by atoms with Gasteiger partial charge < -0.3 is 14.2 Å². The van der Waals surface area contributed by atoms with E-state index in [4.69, 9.17) is 9.47 Å². The zero-order valence-electron chi connectivity index (χ0n) is 19.2. The van der Waals surface area contributed by atoms with E-state index in [0.717, 1.165) is 16.9 Å². The topological polar surface area (TPSA) is 79.1 Å². The van der Waals surface area contributed by atoms with Crippen LogP contribution in [0.3, 0.4) is 0 Å². The number of carbonyl (C=O) groups is 1. The van der Waals surface area contributed by atoms with E-state index in [1.807, 2.05) is 30.3 Å². The lowest BCUT2D eigenvalue weighted by molar-refractivity contribution is -0.139.